The van der Waals surface area contributed by atoms with Gasteiger partial charge in [-0.3, -0.25) is 0 Å². The summed E-state index contributed by atoms with van der Waals surface area (Å²) >= 11 is 0. The summed E-state index contributed by atoms with van der Waals surface area (Å²) in [5.74, 6) is 1.44. The smallest absolute Gasteiger partial charge is 0.297 e. The summed E-state index contributed by atoms with van der Waals surface area (Å²) in [5.41, 5.74) is 22.5. The highest BCUT2D eigenvalue weighted by molar-refractivity contribution is 7.00. The second-order valence-corrected chi connectivity index (χ2v) is 24.5. The van der Waals surface area contributed by atoms with Crippen LogP contribution in [-0.4, -0.2) is 6.71 Å². The molecule has 3 heterocycles. The zero-order chi connectivity index (χ0) is 46.1. The summed E-state index contributed by atoms with van der Waals surface area (Å²) in [7, 11) is 0. The lowest BCUT2D eigenvalue weighted by molar-refractivity contribution is 0.402. The van der Waals surface area contributed by atoms with E-state index in [2.05, 4.69) is 192 Å². The molecular weight excluding hydrogens is 787 g/mol. The van der Waals surface area contributed by atoms with Gasteiger partial charge in [-0.05, 0) is 176 Å². The molecule has 0 amide bonds. The summed E-state index contributed by atoms with van der Waals surface area (Å²) in [5, 5.41) is 1.25. The maximum absolute atomic E-state index is 7.63. The Balaban J connectivity index is 1.35. The minimum atomic E-state index is -0.0783. The number of hydrogen-bond donors (Lipinski definition) is 0. The third kappa shape index (κ3) is 7.21. The molecule has 1 saturated carbocycles. The Morgan fingerprint density at radius 1 is 0.708 bits per heavy atom. The Hall–Kier alpha value is -4.70. The molecule has 6 aromatic rings. The van der Waals surface area contributed by atoms with Gasteiger partial charge in [0.25, 0.3) is 6.71 Å². The van der Waals surface area contributed by atoms with Crippen molar-refractivity contribution in [3.05, 3.63) is 124 Å². The van der Waals surface area contributed by atoms with Crippen LogP contribution in [-0.2, 0) is 21.7 Å². The van der Waals surface area contributed by atoms with Crippen LogP contribution in [0.15, 0.2) is 89.3 Å². The van der Waals surface area contributed by atoms with Crippen molar-refractivity contribution in [2.45, 2.75) is 188 Å². The van der Waals surface area contributed by atoms with Crippen molar-refractivity contribution in [1.29, 1.82) is 0 Å². The molecule has 0 N–H and O–H groups in total. The van der Waals surface area contributed by atoms with Gasteiger partial charge in [-0.15, -0.1) is 0 Å². The molecule has 338 valence electrons. The van der Waals surface area contributed by atoms with E-state index < -0.39 is 0 Å². The zero-order valence-corrected chi connectivity index (χ0v) is 42.4. The molecule has 3 nitrogen and oxygen atoms in total. The maximum atomic E-state index is 7.63. The van der Waals surface area contributed by atoms with Gasteiger partial charge < -0.3 is 14.2 Å². The molecule has 4 aliphatic rings. The fraction of sp³-hybridized carbons (Fsp3) is 0.475. The number of fused-ring (bicyclic) bond motifs is 7. The predicted octanol–water partition coefficient (Wildman–Crippen LogP) is 16.1. The zero-order valence-electron chi connectivity index (χ0n) is 42.4. The quantitative estimate of drug-likeness (QED) is 0.155. The van der Waals surface area contributed by atoms with Gasteiger partial charge >= 0.3 is 0 Å². The summed E-state index contributed by atoms with van der Waals surface area (Å²) in [6.07, 6.45) is 9.87. The average molecular weight is 863 g/mol. The van der Waals surface area contributed by atoms with E-state index in [0.29, 0.717) is 17.8 Å². The molecular formula is C61H75BN2O. The lowest BCUT2D eigenvalue weighted by Crippen LogP contribution is -2.61. The molecule has 65 heavy (non-hydrogen) atoms. The van der Waals surface area contributed by atoms with Crippen molar-refractivity contribution in [2.75, 3.05) is 9.80 Å². The highest BCUT2D eigenvalue weighted by atomic mass is 16.3. The summed E-state index contributed by atoms with van der Waals surface area (Å²) < 4.78 is 7.63. The molecule has 0 radical (unpaired) electrons. The number of furan rings is 1. The van der Waals surface area contributed by atoms with E-state index in [9.17, 15) is 0 Å². The minimum Gasteiger partial charge on any atom is -0.468 e. The summed E-state index contributed by atoms with van der Waals surface area (Å²) in [4.78, 5) is 5.31. The molecule has 1 fully saturated rings. The SMILES string of the molecule is CCC(C)(C)c1cc(N2c3cc(C4CCCCC4)cc4c3B(c3cc(C(C)(C)C)ccc3N4c3ccc(C(C)(C)C)cc3)c3oc4cc5c(cc4c32)C(C)CCC5(C)C)ccc1C(C)C. The number of rotatable bonds is 6. The van der Waals surface area contributed by atoms with Crippen LogP contribution in [0.4, 0.5) is 34.1 Å². The van der Waals surface area contributed by atoms with Crippen molar-refractivity contribution >= 4 is 68.4 Å². The highest BCUT2D eigenvalue weighted by Crippen LogP contribution is 2.52. The third-order valence-electron chi connectivity index (χ3n) is 16.8. The lowest BCUT2D eigenvalue weighted by Gasteiger charge is -2.44. The van der Waals surface area contributed by atoms with E-state index in [1.807, 2.05) is 0 Å². The van der Waals surface area contributed by atoms with Gasteiger partial charge in [0.1, 0.15) is 5.58 Å². The number of benzene rings is 5. The molecule has 1 unspecified atom stereocenters. The van der Waals surface area contributed by atoms with E-state index in [1.165, 1.54) is 134 Å². The van der Waals surface area contributed by atoms with Gasteiger partial charge in [0.15, 0.2) is 0 Å². The van der Waals surface area contributed by atoms with Crippen LogP contribution in [0.2, 0.25) is 0 Å². The van der Waals surface area contributed by atoms with Gasteiger partial charge in [0, 0.05) is 33.8 Å². The Bertz CT molecular complexity index is 2820. The van der Waals surface area contributed by atoms with Crippen LogP contribution < -0.4 is 26.4 Å². The monoisotopic (exact) mass is 863 g/mol. The van der Waals surface area contributed by atoms with E-state index in [1.54, 1.807) is 0 Å². The summed E-state index contributed by atoms with van der Waals surface area (Å²) in [6.45, 7) is 33.2. The van der Waals surface area contributed by atoms with Gasteiger partial charge in [-0.2, -0.15) is 0 Å². The fourth-order valence-corrected chi connectivity index (χ4v) is 12.2. The predicted molar refractivity (Wildman–Crippen MR) is 282 cm³/mol. The van der Waals surface area contributed by atoms with Crippen molar-refractivity contribution in [1.82, 2.24) is 0 Å². The second kappa shape index (κ2) is 15.4. The third-order valence-corrected chi connectivity index (χ3v) is 16.8. The standard InChI is InChI=1S/C61H75BN2O/c1-15-60(11,12)48-34-44(26-27-45(48)37(2)3)64-53-32-40(39-19-17-16-18-20-39)31-52-55(53)62(57-56(64)47-35-46-38(4)29-30-61(13,14)49(46)36-54(47)65-57)50-33-42(59(8,9)10)23-28-51(50)63(52)43-24-21-41(22-25-43)58(5,6)7/h21-28,31-39H,15-20,29-30H2,1-14H3. The Morgan fingerprint density at radius 2 is 1.35 bits per heavy atom. The first-order valence-corrected chi connectivity index (χ1v) is 25.5. The van der Waals surface area contributed by atoms with Crippen molar-refractivity contribution in [2.24, 2.45) is 0 Å². The van der Waals surface area contributed by atoms with E-state index in [-0.39, 0.29) is 28.4 Å². The van der Waals surface area contributed by atoms with E-state index in [4.69, 9.17) is 4.42 Å². The average Bonchev–Trinajstić information content (AvgIpc) is 3.64. The first-order valence-electron chi connectivity index (χ1n) is 25.5. The number of nitrogens with zero attached hydrogens (tertiary/aromatic N) is 2. The lowest BCUT2D eigenvalue weighted by atomic mass is 9.35. The number of anilines is 6. The first kappa shape index (κ1) is 44.2. The molecule has 5 aromatic carbocycles. The summed E-state index contributed by atoms with van der Waals surface area (Å²) in [6, 6.07) is 34.6. The molecule has 4 heteroatoms. The molecule has 10 rings (SSSR count). The van der Waals surface area contributed by atoms with Crippen LogP contribution in [0, 0.1) is 0 Å². The van der Waals surface area contributed by atoms with Crippen LogP contribution in [0.3, 0.4) is 0 Å². The molecule has 2 aliphatic heterocycles. The Kier molecular flexibility index (Phi) is 10.5. The van der Waals surface area contributed by atoms with E-state index >= 15 is 0 Å². The topological polar surface area (TPSA) is 19.6 Å². The van der Waals surface area contributed by atoms with Gasteiger partial charge in [-0.25, -0.2) is 0 Å². The van der Waals surface area contributed by atoms with Crippen LogP contribution >= 0.6 is 0 Å². The molecule has 0 saturated heterocycles. The minimum absolute atomic E-state index is 0.0109. The molecule has 2 aliphatic carbocycles. The maximum Gasteiger partial charge on any atom is 0.297 e. The first-order chi connectivity index (χ1) is 30.7. The molecule has 0 spiro atoms. The van der Waals surface area contributed by atoms with Crippen LogP contribution in [0.25, 0.3) is 11.0 Å². The largest absolute Gasteiger partial charge is 0.468 e. The van der Waals surface area contributed by atoms with E-state index in [0.717, 1.165) is 17.7 Å². The van der Waals surface area contributed by atoms with Gasteiger partial charge in [-0.1, -0.05) is 147 Å². The van der Waals surface area contributed by atoms with Crippen molar-refractivity contribution in [3.63, 3.8) is 0 Å². The molecule has 0 bridgehead atoms. The van der Waals surface area contributed by atoms with Crippen LogP contribution in [0.5, 0.6) is 0 Å². The fourth-order valence-electron chi connectivity index (χ4n) is 12.2. The molecule has 1 aromatic heterocycles. The van der Waals surface area contributed by atoms with Gasteiger partial charge in [0.2, 0.25) is 0 Å². The Labute approximate surface area is 392 Å². The molecule has 1 atom stereocenters. The second-order valence-electron chi connectivity index (χ2n) is 24.5. The normalized spacial score (nSPS) is 18.5. The van der Waals surface area contributed by atoms with Crippen molar-refractivity contribution < 1.29 is 4.42 Å². The van der Waals surface area contributed by atoms with Crippen LogP contribution in [0.1, 0.15) is 205 Å². The number of hydrogen-bond acceptors (Lipinski definition) is 3. The Morgan fingerprint density at radius 3 is 2.00 bits per heavy atom. The highest BCUT2D eigenvalue weighted by Gasteiger charge is 2.48. The van der Waals surface area contributed by atoms with Gasteiger partial charge in [0.05, 0.1) is 11.3 Å². The van der Waals surface area contributed by atoms with Crippen molar-refractivity contribution in [3.8, 4) is 0 Å².